The maximum absolute atomic E-state index is 5.14. The van der Waals surface area contributed by atoms with Crippen LogP contribution in [0.4, 0.5) is 0 Å². The van der Waals surface area contributed by atoms with Crippen LogP contribution in [-0.4, -0.2) is 9.97 Å². The third-order valence-corrected chi connectivity index (χ3v) is 2.19. The topological polar surface area (TPSA) is 38.9 Å². The van der Waals surface area contributed by atoms with Gasteiger partial charge in [-0.15, -0.1) is 0 Å². The molecule has 3 heteroatoms. The average Bonchev–Trinajstić information content (AvgIpc) is 2.84. The molecule has 84 valence electrons. The summed E-state index contributed by atoms with van der Waals surface area (Å²) < 4.78 is 5.14. The summed E-state index contributed by atoms with van der Waals surface area (Å²) in [6.07, 6.45) is 8.43. The van der Waals surface area contributed by atoms with Gasteiger partial charge < -0.3 is 4.42 Å². The molecule has 0 unspecified atom stereocenters. The third kappa shape index (κ3) is 3.32. The maximum atomic E-state index is 5.14. The molecule has 0 radical (unpaired) electrons. The van der Waals surface area contributed by atoms with E-state index in [1.54, 1.807) is 12.3 Å². The number of hydrogen-bond acceptors (Lipinski definition) is 3. The summed E-state index contributed by atoms with van der Waals surface area (Å²) in [7, 11) is 0. The van der Waals surface area contributed by atoms with E-state index in [4.69, 9.17) is 4.42 Å². The van der Waals surface area contributed by atoms with E-state index in [2.05, 4.69) is 28.4 Å². The van der Waals surface area contributed by atoms with E-state index in [0.717, 1.165) is 12.8 Å². The fraction of sp³-hybridized carbons (Fsp3) is 0.143. The Kier molecular flexibility index (Phi) is 3.72. The monoisotopic (exact) mass is 224 g/mol. The molecule has 0 saturated heterocycles. The van der Waals surface area contributed by atoms with Crippen LogP contribution in [0.1, 0.15) is 23.6 Å². The smallest absolute Gasteiger partial charge is 0.273 e. The highest BCUT2D eigenvalue weighted by Gasteiger charge is 1.95. The summed E-state index contributed by atoms with van der Waals surface area (Å²) in [6, 6.07) is 3.96. The Balaban J connectivity index is 1.88. The third-order valence-electron chi connectivity index (χ3n) is 2.19. The van der Waals surface area contributed by atoms with Gasteiger partial charge in [-0.2, -0.15) is 0 Å². The molecule has 0 aliphatic rings. The molecule has 0 amide bonds. The standard InChI is InChI=1S/C14H12N2O/c1-2-13-11-17-14(16-13)8-4-3-6-12-7-5-9-15-10-12/h2,5,7,9-11H,1,3,6H2. The van der Waals surface area contributed by atoms with Gasteiger partial charge in [0.15, 0.2) is 0 Å². The van der Waals surface area contributed by atoms with Crippen LogP contribution in [0.15, 0.2) is 41.8 Å². The van der Waals surface area contributed by atoms with Gasteiger partial charge in [0.2, 0.25) is 0 Å². The Bertz CT molecular complexity index is 546. The van der Waals surface area contributed by atoms with Gasteiger partial charge in [-0.3, -0.25) is 4.98 Å². The van der Waals surface area contributed by atoms with E-state index in [9.17, 15) is 0 Å². The lowest BCUT2D eigenvalue weighted by molar-refractivity contribution is 0.543. The minimum absolute atomic E-state index is 0.436. The Labute approximate surface area is 100 Å². The van der Waals surface area contributed by atoms with Gasteiger partial charge in [-0.1, -0.05) is 18.6 Å². The number of hydrogen-bond donors (Lipinski definition) is 0. The minimum atomic E-state index is 0.436. The molecule has 2 aromatic rings. The number of nitrogens with zero attached hydrogens (tertiary/aromatic N) is 2. The lowest BCUT2D eigenvalue weighted by Gasteiger charge is -1.93. The Morgan fingerprint density at radius 2 is 2.41 bits per heavy atom. The van der Waals surface area contributed by atoms with Crippen LogP contribution in [0.5, 0.6) is 0 Å². The van der Waals surface area contributed by atoms with Crippen molar-refractivity contribution in [1.82, 2.24) is 9.97 Å². The lowest BCUT2D eigenvalue weighted by atomic mass is 10.2. The van der Waals surface area contributed by atoms with Crippen molar-refractivity contribution in [3.8, 4) is 11.8 Å². The van der Waals surface area contributed by atoms with Crippen molar-refractivity contribution in [2.24, 2.45) is 0 Å². The number of rotatable bonds is 3. The van der Waals surface area contributed by atoms with Crippen LogP contribution in [0.25, 0.3) is 6.08 Å². The zero-order chi connectivity index (χ0) is 11.9. The van der Waals surface area contributed by atoms with Crippen molar-refractivity contribution < 1.29 is 4.42 Å². The van der Waals surface area contributed by atoms with Gasteiger partial charge in [-0.25, -0.2) is 4.98 Å². The van der Waals surface area contributed by atoms with Crippen molar-refractivity contribution in [2.75, 3.05) is 0 Å². The summed E-state index contributed by atoms with van der Waals surface area (Å²) in [4.78, 5) is 8.15. The van der Waals surface area contributed by atoms with Crippen molar-refractivity contribution in [2.45, 2.75) is 12.8 Å². The molecule has 17 heavy (non-hydrogen) atoms. The Hall–Kier alpha value is -2.34. The van der Waals surface area contributed by atoms with E-state index in [1.165, 1.54) is 11.8 Å². The van der Waals surface area contributed by atoms with Crippen LogP contribution >= 0.6 is 0 Å². The predicted octanol–water partition coefficient (Wildman–Crippen LogP) is 2.70. The molecule has 0 N–H and O–H groups in total. The average molecular weight is 224 g/mol. The van der Waals surface area contributed by atoms with Gasteiger partial charge in [0.1, 0.15) is 12.0 Å². The van der Waals surface area contributed by atoms with Crippen molar-refractivity contribution in [3.63, 3.8) is 0 Å². The first-order valence-electron chi connectivity index (χ1n) is 5.34. The summed E-state index contributed by atoms with van der Waals surface area (Å²) in [5.74, 6) is 6.33. The molecule has 0 aliphatic carbocycles. The van der Waals surface area contributed by atoms with Crippen molar-refractivity contribution in [3.05, 3.63) is 54.5 Å². The first-order chi connectivity index (χ1) is 8.38. The Morgan fingerprint density at radius 3 is 3.12 bits per heavy atom. The number of aromatic nitrogens is 2. The first kappa shape index (κ1) is 11.2. The highest BCUT2D eigenvalue weighted by Crippen LogP contribution is 2.02. The molecule has 0 spiro atoms. The second-order valence-corrected chi connectivity index (χ2v) is 3.44. The highest BCUT2D eigenvalue weighted by atomic mass is 16.3. The summed E-state index contributed by atoms with van der Waals surface area (Å²) in [6.45, 7) is 3.60. The molecule has 2 heterocycles. The van der Waals surface area contributed by atoms with Gasteiger partial charge in [0.05, 0.1) is 0 Å². The van der Waals surface area contributed by atoms with E-state index >= 15 is 0 Å². The van der Waals surface area contributed by atoms with Crippen molar-refractivity contribution >= 4 is 6.08 Å². The molecule has 0 fully saturated rings. The van der Waals surface area contributed by atoms with Crippen LogP contribution in [-0.2, 0) is 6.42 Å². The molecule has 3 nitrogen and oxygen atoms in total. The number of aryl methyl sites for hydroxylation is 1. The van der Waals surface area contributed by atoms with E-state index in [-0.39, 0.29) is 0 Å². The number of oxazole rings is 1. The van der Waals surface area contributed by atoms with Gasteiger partial charge in [0.25, 0.3) is 5.89 Å². The summed E-state index contributed by atoms with van der Waals surface area (Å²) >= 11 is 0. The van der Waals surface area contributed by atoms with Crippen LogP contribution in [0, 0.1) is 11.8 Å². The van der Waals surface area contributed by atoms with Crippen LogP contribution < -0.4 is 0 Å². The largest absolute Gasteiger partial charge is 0.438 e. The molecule has 0 aromatic carbocycles. The zero-order valence-electron chi connectivity index (χ0n) is 9.39. The summed E-state index contributed by atoms with van der Waals surface area (Å²) in [5.41, 5.74) is 1.89. The normalized spacial score (nSPS) is 9.41. The SMILES string of the molecule is C=Cc1coc(C#CCCc2cccnc2)n1. The fourth-order valence-electron chi connectivity index (χ4n) is 1.33. The van der Waals surface area contributed by atoms with Crippen LogP contribution in [0.3, 0.4) is 0 Å². The first-order valence-corrected chi connectivity index (χ1v) is 5.34. The number of pyridine rings is 1. The van der Waals surface area contributed by atoms with Gasteiger partial charge >= 0.3 is 0 Å². The minimum Gasteiger partial charge on any atom is -0.438 e. The molecular weight excluding hydrogens is 212 g/mol. The van der Waals surface area contributed by atoms with Gasteiger partial charge in [-0.05, 0) is 30.0 Å². The van der Waals surface area contributed by atoms with E-state index in [1.807, 2.05) is 18.3 Å². The molecule has 2 rings (SSSR count). The van der Waals surface area contributed by atoms with Gasteiger partial charge in [0, 0.05) is 18.8 Å². The lowest BCUT2D eigenvalue weighted by Crippen LogP contribution is -1.84. The second kappa shape index (κ2) is 5.66. The molecule has 0 atom stereocenters. The zero-order valence-corrected chi connectivity index (χ0v) is 9.39. The quantitative estimate of drug-likeness (QED) is 0.752. The fourth-order valence-corrected chi connectivity index (χ4v) is 1.33. The predicted molar refractivity (Wildman–Crippen MR) is 66.0 cm³/mol. The molecule has 0 bridgehead atoms. The second-order valence-electron chi connectivity index (χ2n) is 3.44. The maximum Gasteiger partial charge on any atom is 0.273 e. The molecule has 2 aromatic heterocycles. The molecular formula is C14H12N2O. The highest BCUT2D eigenvalue weighted by molar-refractivity contribution is 5.40. The van der Waals surface area contributed by atoms with E-state index < -0.39 is 0 Å². The Morgan fingerprint density at radius 1 is 1.47 bits per heavy atom. The molecule has 0 aliphatic heterocycles. The van der Waals surface area contributed by atoms with Crippen LogP contribution in [0.2, 0.25) is 0 Å². The van der Waals surface area contributed by atoms with Crippen molar-refractivity contribution in [1.29, 1.82) is 0 Å². The molecule has 0 saturated carbocycles. The van der Waals surface area contributed by atoms with E-state index in [0.29, 0.717) is 11.6 Å². The summed E-state index contributed by atoms with van der Waals surface area (Å²) in [5, 5.41) is 0.